The molecular weight excluding hydrogens is 245 g/mol. The number of anilines is 1. The molecule has 0 amide bonds. The van der Waals surface area contributed by atoms with Crippen molar-refractivity contribution in [3.63, 3.8) is 0 Å². The van der Waals surface area contributed by atoms with Gasteiger partial charge in [-0.3, -0.25) is 0 Å². The van der Waals surface area contributed by atoms with Crippen LogP contribution in [-0.2, 0) is 11.8 Å². The molecule has 0 radical (unpaired) electrons. The Morgan fingerprint density at radius 3 is 2.17 bits per heavy atom. The molecule has 0 aliphatic rings. The van der Waals surface area contributed by atoms with Gasteiger partial charge in [-0.2, -0.15) is 13.2 Å². The monoisotopic (exact) mass is 262 g/mol. The first kappa shape index (κ1) is 14.8. The van der Waals surface area contributed by atoms with Gasteiger partial charge in [-0.15, -0.1) is 0 Å². The zero-order chi connectivity index (χ0) is 14.1. The summed E-state index contributed by atoms with van der Waals surface area (Å²) in [5.41, 5.74) is -2.69. The first-order valence-corrected chi connectivity index (χ1v) is 5.58. The van der Waals surface area contributed by atoms with Crippen LogP contribution in [0.5, 0.6) is 0 Å². The number of hydrogen-bond donors (Lipinski definition) is 2. The van der Waals surface area contributed by atoms with Crippen molar-refractivity contribution in [1.82, 2.24) is 4.98 Å². The smallest absolute Gasteiger partial charge is 0.386 e. The number of aromatic nitrogens is 1. The Kier molecular flexibility index (Phi) is 3.90. The second-order valence-corrected chi connectivity index (χ2v) is 4.97. The molecule has 1 aromatic rings. The molecule has 0 aliphatic heterocycles. The lowest BCUT2D eigenvalue weighted by Gasteiger charge is -2.23. The van der Waals surface area contributed by atoms with Gasteiger partial charge in [-0.25, -0.2) is 4.98 Å². The van der Waals surface area contributed by atoms with Gasteiger partial charge >= 0.3 is 6.18 Å². The lowest BCUT2D eigenvalue weighted by atomic mass is 9.95. The highest BCUT2D eigenvalue weighted by molar-refractivity contribution is 5.44. The Hall–Kier alpha value is -1.30. The Morgan fingerprint density at radius 1 is 1.22 bits per heavy atom. The summed E-state index contributed by atoms with van der Waals surface area (Å²) in [6, 6.07) is 0.902. The van der Waals surface area contributed by atoms with E-state index in [9.17, 15) is 18.3 Å². The van der Waals surface area contributed by atoms with E-state index in [1.807, 2.05) is 0 Å². The number of nitrogens with one attached hydrogen (secondary N) is 1. The van der Waals surface area contributed by atoms with Crippen LogP contribution in [0.4, 0.5) is 19.0 Å². The Bertz CT molecular complexity index is 422. The number of hydrogen-bond acceptors (Lipinski definition) is 3. The molecule has 18 heavy (non-hydrogen) atoms. The fourth-order valence-corrected chi connectivity index (χ4v) is 1.55. The van der Waals surface area contributed by atoms with Crippen molar-refractivity contribution in [2.45, 2.75) is 45.5 Å². The molecular formula is C12H17F3N2O. The number of aliphatic hydroxyl groups is 1. The Labute approximate surface area is 104 Å². The van der Waals surface area contributed by atoms with Crippen LogP contribution in [0.3, 0.4) is 0 Å². The van der Waals surface area contributed by atoms with Crippen molar-refractivity contribution in [2.24, 2.45) is 0 Å². The molecule has 0 spiro atoms. The molecule has 6 heteroatoms. The topological polar surface area (TPSA) is 45.1 Å². The number of pyridine rings is 1. The predicted molar refractivity (Wildman–Crippen MR) is 63.2 cm³/mol. The second-order valence-electron chi connectivity index (χ2n) is 4.97. The van der Waals surface area contributed by atoms with Crippen molar-refractivity contribution in [3.8, 4) is 0 Å². The molecule has 2 N–H and O–H groups in total. The van der Waals surface area contributed by atoms with Gasteiger partial charge in [0.15, 0.2) is 0 Å². The van der Waals surface area contributed by atoms with Crippen LogP contribution in [0, 0.1) is 0 Å². The normalized spacial score (nSPS) is 12.9. The van der Waals surface area contributed by atoms with E-state index >= 15 is 0 Å². The van der Waals surface area contributed by atoms with E-state index in [2.05, 4.69) is 10.3 Å². The lowest BCUT2D eigenvalue weighted by molar-refractivity contribution is -0.140. The van der Waals surface area contributed by atoms with E-state index in [4.69, 9.17) is 0 Å². The molecule has 0 bridgehead atoms. The predicted octanol–water partition coefficient (Wildman–Crippen LogP) is 3.15. The number of rotatable bonds is 3. The molecule has 0 unspecified atom stereocenters. The average molecular weight is 262 g/mol. The lowest BCUT2D eigenvalue weighted by Crippen LogP contribution is -2.23. The molecule has 0 saturated carbocycles. The number of nitrogens with zero attached hydrogens (tertiary/aromatic N) is 1. The van der Waals surface area contributed by atoms with Gasteiger partial charge in [-0.05, 0) is 33.8 Å². The number of halogens is 3. The summed E-state index contributed by atoms with van der Waals surface area (Å²) < 4.78 is 38.8. The highest BCUT2D eigenvalue weighted by atomic mass is 19.4. The van der Waals surface area contributed by atoms with E-state index in [1.54, 1.807) is 13.8 Å². The standard InChI is InChI=1S/C12H17F3N2O/c1-7(2)17-10-5-8(12(13,14)15)9(6-16-10)11(3,4)18/h5-7,18H,1-4H3,(H,16,17). The second kappa shape index (κ2) is 4.76. The van der Waals surface area contributed by atoms with Gasteiger partial charge in [0.2, 0.25) is 0 Å². The van der Waals surface area contributed by atoms with E-state index in [1.165, 1.54) is 13.8 Å². The van der Waals surface area contributed by atoms with Crippen molar-refractivity contribution in [1.29, 1.82) is 0 Å². The van der Waals surface area contributed by atoms with Crippen molar-refractivity contribution in [2.75, 3.05) is 5.32 Å². The molecule has 1 heterocycles. The van der Waals surface area contributed by atoms with Crippen LogP contribution < -0.4 is 5.32 Å². The minimum absolute atomic E-state index is 0.0217. The van der Waals surface area contributed by atoms with Crippen LogP contribution in [0.25, 0.3) is 0 Å². The van der Waals surface area contributed by atoms with Crippen LogP contribution >= 0.6 is 0 Å². The third-order valence-electron chi connectivity index (χ3n) is 2.31. The van der Waals surface area contributed by atoms with Crippen molar-refractivity contribution in [3.05, 3.63) is 23.4 Å². The van der Waals surface area contributed by atoms with Crippen molar-refractivity contribution >= 4 is 5.82 Å². The maximum absolute atomic E-state index is 12.9. The maximum Gasteiger partial charge on any atom is 0.416 e. The zero-order valence-electron chi connectivity index (χ0n) is 10.8. The molecule has 0 aliphatic carbocycles. The highest BCUT2D eigenvalue weighted by Gasteiger charge is 2.37. The summed E-state index contributed by atoms with van der Waals surface area (Å²) in [6.07, 6.45) is -3.46. The first-order valence-electron chi connectivity index (χ1n) is 5.58. The molecule has 0 aromatic carbocycles. The average Bonchev–Trinajstić information content (AvgIpc) is 2.13. The minimum atomic E-state index is -4.52. The van der Waals surface area contributed by atoms with E-state index in [0.29, 0.717) is 0 Å². The van der Waals surface area contributed by atoms with E-state index < -0.39 is 17.3 Å². The van der Waals surface area contributed by atoms with Crippen LogP contribution in [0.2, 0.25) is 0 Å². The molecule has 0 atom stereocenters. The SMILES string of the molecule is CC(C)Nc1cc(C(F)(F)F)c(C(C)(C)O)cn1. The summed E-state index contributed by atoms with van der Waals surface area (Å²) in [4.78, 5) is 3.89. The summed E-state index contributed by atoms with van der Waals surface area (Å²) in [5.74, 6) is 0.144. The Balaban J connectivity index is 3.31. The summed E-state index contributed by atoms with van der Waals surface area (Å²) in [6.45, 7) is 6.21. The van der Waals surface area contributed by atoms with Gasteiger partial charge < -0.3 is 10.4 Å². The summed E-state index contributed by atoms with van der Waals surface area (Å²) in [7, 11) is 0. The Morgan fingerprint density at radius 2 is 1.78 bits per heavy atom. The minimum Gasteiger partial charge on any atom is -0.386 e. The van der Waals surface area contributed by atoms with Gasteiger partial charge in [0.25, 0.3) is 0 Å². The van der Waals surface area contributed by atoms with Crippen molar-refractivity contribution < 1.29 is 18.3 Å². The zero-order valence-corrected chi connectivity index (χ0v) is 10.8. The molecule has 102 valence electrons. The van der Waals surface area contributed by atoms with E-state index in [-0.39, 0.29) is 17.4 Å². The van der Waals surface area contributed by atoms with E-state index in [0.717, 1.165) is 12.3 Å². The highest BCUT2D eigenvalue weighted by Crippen LogP contribution is 2.37. The fourth-order valence-electron chi connectivity index (χ4n) is 1.55. The molecule has 0 fully saturated rings. The molecule has 1 rings (SSSR count). The molecule has 1 aromatic heterocycles. The van der Waals surface area contributed by atoms with Crippen LogP contribution in [-0.4, -0.2) is 16.1 Å². The van der Waals surface area contributed by atoms with Gasteiger partial charge in [0.1, 0.15) is 5.82 Å². The summed E-state index contributed by atoms with van der Waals surface area (Å²) in [5, 5.41) is 12.5. The van der Waals surface area contributed by atoms with Crippen LogP contribution in [0.15, 0.2) is 12.3 Å². The maximum atomic E-state index is 12.9. The third-order valence-corrected chi connectivity index (χ3v) is 2.31. The third kappa shape index (κ3) is 3.60. The first-order chi connectivity index (χ1) is 8.01. The quantitative estimate of drug-likeness (QED) is 0.879. The fraction of sp³-hybridized carbons (Fsp3) is 0.583. The molecule has 3 nitrogen and oxygen atoms in total. The summed E-state index contributed by atoms with van der Waals surface area (Å²) >= 11 is 0. The van der Waals surface area contributed by atoms with Gasteiger partial charge in [-0.1, -0.05) is 0 Å². The number of alkyl halides is 3. The van der Waals surface area contributed by atoms with Crippen LogP contribution in [0.1, 0.15) is 38.8 Å². The van der Waals surface area contributed by atoms with Gasteiger partial charge in [0, 0.05) is 17.8 Å². The molecule has 0 saturated heterocycles. The van der Waals surface area contributed by atoms with Gasteiger partial charge in [0.05, 0.1) is 11.2 Å². The largest absolute Gasteiger partial charge is 0.416 e.